The van der Waals surface area contributed by atoms with Gasteiger partial charge in [-0.15, -0.1) is 9.45 Å². The number of nitrogens with zero attached hydrogens (tertiary/aromatic N) is 4. The van der Waals surface area contributed by atoms with Gasteiger partial charge in [0, 0.05) is 95.7 Å². The zero-order valence-corrected chi connectivity index (χ0v) is 34.0. The van der Waals surface area contributed by atoms with Crippen LogP contribution in [0.25, 0.3) is 0 Å². The summed E-state index contributed by atoms with van der Waals surface area (Å²) in [5.41, 5.74) is 29.6. The van der Waals surface area contributed by atoms with Crippen molar-refractivity contribution in [3.63, 3.8) is 0 Å². The van der Waals surface area contributed by atoms with Gasteiger partial charge in [0.05, 0.1) is 17.1 Å². The molecule has 0 aromatic carbocycles. The first-order valence-electron chi connectivity index (χ1n) is 15.7. The van der Waals surface area contributed by atoms with Crippen LogP contribution in [-0.2, 0) is 32.1 Å². The molecule has 0 spiro atoms. The van der Waals surface area contributed by atoms with Gasteiger partial charge in [-0.05, 0) is 97.6 Å². The van der Waals surface area contributed by atoms with Gasteiger partial charge in [0.1, 0.15) is 0 Å². The van der Waals surface area contributed by atoms with Crippen LogP contribution in [0.15, 0.2) is 77.8 Å². The fraction of sp³-hybridized carbons (Fsp3) is 0.444. The molecular formula is C36H59BrN8S4. The topological polar surface area (TPSA) is 156 Å². The summed E-state index contributed by atoms with van der Waals surface area (Å²) in [6.45, 7) is 13.1. The van der Waals surface area contributed by atoms with Crippen molar-refractivity contribution in [1.29, 1.82) is 0 Å². The molecule has 8 N–H and O–H groups in total. The first-order chi connectivity index (χ1) is 23.1. The molecule has 274 valence electrons. The number of thioether (sulfide) groups is 2. The van der Waals surface area contributed by atoms with Crippen molar-refractivity contribution < 1.29 is 0 Å². The van der Waals surface area contributed by atoms with Crippen molar-refractivity contribution in [2.45, 2.75) is 53.6 Å². The quantitative estimate of drug-likeness (QED) is 0.114. The molecule has 0 aliphatic carbocycles. The van der Waals surface area contributed by atoms with Crippen LogP contribution in [0.3, 0.4) is 0 Å². The van der Waals surface area contributed by atoms with Crippen molar-refractivity contribution in [3.05, 3.63) is 117 Å². The van der Waals surface area contributed by atoms with E-state index in [2.05, 4.69) is 74.8 Å². The standard InChI is InChI=1S/2C9H14N2S.C7H9N.C6H6BrN.C4H12N2S2.CH4/c2*1-8-3-2-5-11-9(8)7-12-6-4-10;1-6-4-3-5-8-7(6)2;1-5-6(7)3-2-4-8-5;5-1-3-8(7)4-2-6;/h2*2-3,5H,4,6-7,10H2,1H3;3-5H,1-2H3;2-4H,1H3;1-6H2;1H4. The van der Waals surface area contributed by atoms with Crippen molar-refractivity contribution in [2.75, 3.05) is 49.2 Å². The minimum Gasteiger partial charge on any atom is -0.330 e. The lowest BCUT2D eigenvalue weighted by atomic mass is 10.2. The predicted octanol–water partition coefficient (Wildman–Crippen LogP) is 6.63. The van der Waals surface area contributed by atoms with E-state index in [4.69, 9.17) is 34.1 Å². The van der Waals surface area contributed by atoms with Crippen LogP contribution in [-0.4, -0.2) is 69.1 Å². The van der Waals surface area contributed by atoms with Gasteiger partial charge in [0.25, 0.3) is 0 Å². The highest BCUT2D eigenvalue weighted by Crippen LogP contribution is 2.13. The minimum atomic E-state index is 0. The van der Waals surface area contributed by atoms with E-state index in [0.717, 1.165) is 63.5 Å². The number of rotatable bonds is 12. The van der Waals surface area contributed by atoms with Crippen molar-refractivity contribution in [2.24, 2.45) is 22.9 Å². The first kappa shape index (κ1) is 49.3. The number of aromatic nitrogens is 4. The zero-order valence-electron chi connectivity index (χ0n) is 29.1. The minimum absolute atomic E-state index is 0. The molecule has 0 fully saturated rings. The molecule has 13 heteroatoms. The Morgan fingerprint density at radius 1 is 0.592 bits per heavy atom. The van der Waals surface area contributed by atoms with E-state index in [1.54, 1.807) is 6.20 Å². The molecule has 4 aromatic rings. The van der Waals surface area contributed by atoms with Crippen LogP contribution < -0.4 is 22.9 Å². The second-order valence-electron chi connectivity index (χ2n) is 10.1. The Morgan fingerprint density at radius 3 is 1.27 bits per heavy atom. The summed E-state index contributed by atoms with van der Waals surface area (Å²) >= 11 is 12.0. The molecule has 0 aliphatic rings. The van der Waals surface area contributed by atoms with Crippen LogP contribution in [0, 0.1) is 34.6 Å². The number of pyridine rings is 4. The van der Waals surface area contributed by atoms with E-state index in [9.17, 15) is 0 Å². The van der Waals surface area contributed by atoms with E-state index >= 15 is 0 Å². The molecule has 0 saturated carbocycles. The second kappa shape index (κ2) is 33.3. The number of aryl methyl sites for hydroxylation is 5. The highest BCUT2D eigenvalue weighted by Gasteiger charge is 1.98. The fourth-order valence-corrected chi connectivity index (χ4v) is 6.41. The average molecular weight is 812 g/mol. The molecule has 0 atom stereocenters. The Morgan fingerprint density at radius 2 is 0.980 bits per heavy atom. The van der Waals surface area contributed by atoms with Crippen LogP contribution in [0.1, 0.15) is 46.9 Å². The summed E-state index contributed by atoms with van der Waals surface area (Å²) in [4.78, 5) is 16.7. The summed E-state index contributed by atoms with van der Waals surface area (Å²) in [7, 11) is 0.0633. The predicted molar refractivity (Wildman–Crippen MR) is 228 cm³/mol. The van der Waals surface area contributed by atoms with Gasteiger partial charge in [-0.25, -0.2) is 0 Å². The van der Waals surface area contributed by atoms with E-state index in [-0.39, 0.29) is 16.9 Å². The molecule has 0 radical (unpaired) electrons. The maximum Gasteiger partial charge on any atom is 0.0531 e. The lowest BCUT2D eigenvalue weighted by Gasteiger charge is -2.02. The normalized spacial score (nSPS) is 9.69. The van der Waals surface area contributed by atoms with Crippen molar-refractivity contribution in [3.8, 4) is 0 Å². The Bertz CT molecular complexity index is 1250. The number of hydrogen-bond acceptors (Lipinski definition) is 11. The summed E-state index contributed by atoms with van der Waals surface area (Å²) in [6.07, 6.45) is 7.26. The fourth-order valence-electron chi connectivity index (χ4n) is 3.24. The van der Waals surface area contributed by atoms with Gasteiger partial charge >= 0.3 is 0 Å². The monoisotopic (exact) mass is 810 g/mol. The molecule has 0 amide bonds. The summed E-state index contributed by atoms with van der Waals surface area (Å²) in [5, 5.41) is 0. The van der Waals surface area contributed by atoms with Crippen LogP contribution >= 0.6 is 39.5 Å². The number of nitrogens with two attached hydrogens (primary N) is 4. The second-order valence-corrected chi connectivity index (χ2v) is 16.3. The zero-order chi connectivity index (χ0) is 36.0. The van der Waals surface area contributed by atoms with Gasteiger partial charge in [-0.2, -0.15) is 23.5 Å². The van der Waals surface area contributed by atoms with Crippen LogP contribution in [0.4, 0.5) is 0 Å². The molecule has 0 aliphatic heterocycles. The lowest BCUT2D eigenvalue weighted by molar-refractivity contribution is 1.11. The Kier molecular flexibility index (Phi) is 33.5. The molecule has 0 unspecified atom stereocenters. The SMILES string of the molecule is C.Cc1cccnc1C.Cc1cccnc1CSCCN.Cc1cccnc1CSCCN.Cc1ncccc1Br.NCCS(=S)CCN. The molecule has 0 saturated heterocycles. The average Bonchev–Trinajstić information content (AvgIpc) is 3.07. The van der Waals surface area contributed by atoms with Gasteiger partial charge in [-0.3, -0.25) is 19.9 Å². The number of halogens is 1. The smallest absolute Gasteiger partial charge is 0.0531 e. The largest absolute Gasteiger partial charge is 0.330 e. The maximum absolute atomic E-state index is 5.39. The third-order valence-corrected chi connectivity index (χ3v) is 11.4. The molecule has 8 nitrogen and oxygen atoms in total. The Balaban J connectivity index is 0. The van der Waals surface area contributed by atoms with E-state index in [1.165, 1.54) is 28.1 Å². The molecule has 4 aromatic heterocycles. The number of hydrogen-bond donors (Lipinski definition) is 4. The highest BCUT2D eigenvalue weighted by molar-refractivity contribution is 9.10. The molecular weight excluding hydrogens is 753 g/mol. The molecule has 0 bridgehead atoms. The van der Waals surface area contributed by atoms with Gasteiger partial charge in [0.15, 0.2) is 0 Å². The van der Waals surface area contributed by atoms with E-state index < -0.39 is 0 Å². The molecule has 4 rings (SSSR count). The van der Waals surface area contributed by atoms with Gasteiger partial charge in [-0.1, -0.05) is 36.8 Å². The highest BCUT2D eigenvalue weighted by atomic mass is 79.9. The van der Waals surface area contributed by atoms with Crippen molar-refractivity contribution >= 4 is 60.1 Å². The summed E-state index contributed by atoms with van der Waals surface area (Å²) < 4.78 is 1.07. The third kappa shape index (κ3) is 26.6. The van der Waals surface area contributed by atoms with Crippen molar-refractivity contribution in [1.82, 2.24) is 19.9 Å². The maximum atomic E-state index is 5.39. The van der Waals surface area contributed by atoms with E-state index in [0.29, 0.717) is 13.1 Å². The first-order valence-corrected chi connectivity index (χ1v) is 21.3. The lowest BCUT2D eigenvalue weighted by Crippen LogP contribution is -2.16. The van der Waals surface area contributed by atoms with Crippen LogP contribution in [0.5, 0.6) is 0 Å². The van der Waals surface area contributed by atoms with E-state index in [1.807, 2.05) is 86.3 Å². The van der Waals surface area contributed by atoms with Gasteiger partial charge in [0.2, 0.25) is 0 Å². The summed E-state index contributed by atoms with van der Waals surface area (Å²) in [6, 6.07) is 16.0. The molecule has 49 heavy (non-hydrogen) atoms. The van der Waals surface area contributed by atoms with Crippen LogP contribution in [0.2, 0.25) is 0 Å². The Hall–Kier alpha value is -1.81. The summed E-state index contributed by atoms with van der Waals surface area (Å²) in [5.74, 6) is 5.87. The van der Waals surface area contributed by atoms with Gasteiger partial charge < -0.3 is 22.9 Å². The Labute approximate surface area is 321 Å². The molecule has 4 heterocycles. The third-order valence-electron chi connectivity index (χ3n) is 6.14.